The molecule has 0 fully saturated rings. The van der Waals surface area contributed by atoms with E-state index in [1.54, 1.807) is 11.1 Å². The molecule has 1 aliphatic heterocycles. The number of hydrogen-bond donors (Lipinski definition) is 0. The summed E-state index contributed by atoms with van der Waals surface area (Å²) < 4.78 is 11.8. The number of ether oxygens (including phenoxy) is 1. The van der Waals surface area contributed by atoms with Crippen LogP contribution in [-0.2, 0) is 24.3 Å². The Morgan fingerprint density at radius 1 is 0.935 bits per heavy atom. The van der Waals surface area contributed by atoms with Gasteiger partial charge in [0.1, 0.15) is 12.6 Å². The van der Waals surface area contributed by atoms with E-state index in [1.807, 2.05) is 78.9 Å². The van der Waals surface area contributed by atoms with Crippen molar-refractivity contribution in [3.05, 3.63) is 114 Å². The van der Waals surface area contributed by atoms with Gasteiger partial charge in [0.15, 0.2) is 5.76 Å². The van der Waals surface area contributed by atoms with Crippen LogP contribution in [0.25, 0.3) is 11.3 Å². The number of amides is 1. The van der Waals surface area contributed by atoms with Gasteiger partial charge in [0.25, 0.3) is 0 Å². The largest absolute Gasteiger partial charge is 0.445 e. The number of nitrogens with zero attached hydrogens (tertiary/aromatic N) is 2. The minimum absolute atomic E-state index is 0.228. The van der Waals surface area contributed by atoms with Gasteiger partial charge in [-0.1, -0.05) is 84.9 Å². The molecule has 1 aliphatic rings. The minimum atomic E-state index is -0.372. The number of oxazole rings is 1. The topological polar surface area (TPSA) is 55.6 Å². The molecule has 0 saturated carbocycles. The Morgan fingerprint density at radius 3 is 2.39 bits per heavy atom. The van der Waals surface area contributed by atoms with Gasteiger partial charge in [-0.05, 0) is 16.7 Å². The highest BCUT2D eigenvalue weighted by Crippen LogP contribution is 2.35. The summed E-state index contributed by atoms with van der Waals surface area (Å²) in [7, 11) is 0. The molecule has 1 atom stereocenters. The second-order valence-electron chi connectivity index (χ2n) is 7.59. The van der Waals surface area contributed by atoms with Gasteiger partial charge >= 0.3 is 6.09 Å². The fraction of sp³-hybridized carbons (Fsp3) is 0.154. The van der Waals surface area contributed by atoms with Crippen molar-refractivity contribution in [1.29, 1.82) is 0 Å². The summed E-state index contributed by atoms with van der Waals surface area (Å²) in [6, 6.07) is 27.4. The Balaban J connectivity index is 1.42. The normalized spacial score (nSPS) is 15.4. The summed E-state index contributed by atoms with van der Waals surface area (Å²) in [5, 5.41) is 0. The molecule has 5 rings (SSSR count). The molecule has 31 heavy (non-hydrogen) atoms. The van der Waals surface area contributed by atoms with Crippen molar-refractivity contribution >= 4 is 6.09 Å². The van der Waals surface area contributed by atoms with Crippen LogP contribution in [0, 0.1) is 0 Å². The lowest BCUT2D eigenvalue weighted by Gasteiger charge is -2.34. The van der Waals surface area contributed by atoms with Crippen LogP contribution in [0.5, 0.6) is 0 Å². The predicted molar refractivity (Wildman–Crippen MR) is 117 cm³/mol. The molecule has 0 radical (unpaired) electrons. The minimum Gasteiger partial charge on any atom is -0.445 e. The second-order valence-corrected chi connectivity index (χ2v) is 7.59. The van der Waals surface area contributed by atoms with Crippen LogP contribution < -0.4 is 0 Å². The molecule has 0 saturated heterocycles. The van der Waals surface area contributed by atoms with E-state index in [9.17, 15) is 4.79 Å². The summed E-state index contributed by atoms with van der Waals surface area (Å²) in [5.41, 5.74) is 4.22. The monoisotopic (exact) mass is 410 g/mol. The lowest BCUT2D eigenvalue weighted by atomic mass is 9.94. The summed E-state index contributed by atoms with van der Waals surface area (Å²) in [6.07, 6.45) is 1.98. The fourth-order valence-corrected chi connectivity index (χ4v) is 3.92. The first-order chi connectivity index (χ1) is 15.3. The Hall–Kier alpha value is -3.86. The van der Waals surface area contributed by atoms with Crippen molar-refractivity contribution in [2.45, 2.75) is 25.6 Å². The van der Waals surface area contributed by atoms with Gasteiger partial charge < -0.3 is 9.15 Å². The molecule has 0 spiro atoms. The van der Waals surface area contributed by atoms with Crippen molar-refractivity contribution < 1.29 is 13.9 Å². The van der Waals surface area contributed by atoms with Crippen molar-refractivity contribution in [2.75, 3.05) is 0 Å². The molecule has 0 bridgehead atoms. The van der Waals surface area contributed by atoms with Gasteiger partial charge in [0.2, 0.25) is 5.89 Å². The van der Waals surface area contributed by atoms with Gasteiger partial charge in [0, 0.05) is 12.0 Å². The lowest BCUT2D eigenvalue weighted by Crippen LogP contribution is -2.39. The average molecular weight is 410 g/mol. The highest BCUT2D eigenvalue weighted by molar-refractivity contribution is 5.69. The maximum atomic E-state index is 13.1. The van der Waals surface area contributed by atoms with E-state index >= 15 is 0 Å². The van der Waals surface area contributed by atoms with E-state index in [0.717, 1.165) is 16.7 Å². The number of hydrogen-bond acceptors (Lipinski definition) is 4. The number of benzene rings is 3. The molecule has 1 aromatic heterocycles. The van der Waals surface area contributed by atoms with Crippen LogP contribution in [0.4, 0.5) is 4.79 Å². The van der Waals surface area contributed by atoms with E-state index in [4.69, 9.17) is 9.15 Å². The molecule has 1 unspecified atom stereocenters. The first-order valence-corrected chi connectivity index (χ1v) is 10.3. The molecular formula is C26H22N2O3. The third-order valence-electron chi connectivity index (χ3n) is 5.56. The summed E-state index contributed by atoms with van der Waals surface area (Å²) in [5.74, 6) is 1.21. The van der Waals surface area contributed by atoms with Gasteiger partial charge in [0.05, 0.1) is 12.7 Å². The van der Waals surface area contributed by atoms with E-state index in [0.29, 0.717) is 24.6 Å². The molecular weight excluding hydrogens is 388 g/mol. The first kappa shape index (κ1) is 19.1. The molecule has 154 valence electrons. The smallest absolute Gasteiger partial charge is 0.411 e. The number of rotatable bonds is 4. The Bertz CT molecular complexity index is 1170. The quantitative estimate of drug-likeness (QED) is 0.428. The Labute approximate surface area is 180 Å². The van der Waals surface area contributed by atoms with Gasteiger partial charge in [-0.3, -0.25) is 4.90 Å². The van der Waals surface area contributed by atoms with Crippen LogP contribution in [0.3, 0.4) is 0 Å². The maximum absolute atomic E-state index is 13.1. The van der Waals surface area contributed by atoms with Gasteiger partial charge in [-0.25, -0.2) is 9.78 Å². The molecule has 0 N–H and O–H groups in total. The Kier molecular flexibility index (Phi) is 5.23. The van der Waals surface area contributed by atoms with Crippen LogP contribution >= 0.6 is 0 Å². The molecule has 5 heteroatoms. The van der Waals surface area contributed by atoms with Crippen LogP contribution in [0.1, 0.15) is 28.6 Å². The summed E-state index contributed by atoms with van der Waals surface area (Å²) in [4.78, 5) is 19.3. The molecule has 1 amide bonds. The number of aromatic nitrogens is 1. The van der Waals surface area contributed by atoms with E-state index in [1.165, 1.54) is 5.56 Å². The number of carbonyl (C=O) groups is 1. The average Bonchev–Trinajstić information content (AvgIpc) is 3.33. The summed E-state index contributed by atoms with van der Waals surface area (Å²) in [6.45, 7) is 0.683. The van der Waals surface area contributed by atoms with Gasteiger partial charge in [-0.2, -0.15) is 0 Å². The van der Waals surface area contributed by atoms with Crippen molar-refractivity contribution in [1.82, 2.24) is 9.88 Å². The summed E-state index contributed by atoms with van der Waals surface area (Å²) >= 11 is 0. The van der Waals surface area contributed by atoms with Crippen LogP contribution in [0.2, 0.25) is 0 Å². The zero-order valence-electron chi connectivity index (χ0n) is 17.0. The van der Waals surface area contributed by atoms with Crippen molar-refractivity contribution in [3.8, 4) is 11.3 Å². The Morgan fingerprint density at radius 2 is 1.61 bits per heavy atom. The maximum Gasteiger partial charge on any atom is 0.411 e. The second kappa shape index (κ2) is 8.48. The third-order valence-corrected chi connectivity index (χ3v) is 5.56. The van der Waals surface area contributed by atoms with Gasteiger partial charge in [-0.15, -0.1) is 0 Å². The lowest BCUT2D eigenvalue weighted by molar-refractivity contribution is 0.0668. The van der Waals surface area contributed by atoms with Crippen molar-refractivity contribution in [2.24, 2.45) is 0 Å². The van der Waals surface area contributed by atoms with E-state index in [-0.39, 0.29) is 18.7 Å². The van der Waals surface area contributed by atoms with E-state index in [2.05, 4.69) is 11.1 Å². The molecule has 3 aromatic carbocycles. The predicted octanol–water partition coefficient (Wildman–Crippen LogP) is 5.78. The molecule has 0 aliphatic carbocycles. The zero-order valence-corrected chi connectivity index (χ0v) is 17.0. The third kappa shape index (κ3) is 4.08. The first-order valence-electron chi connectivity index (χ1n) is 10.3. The highest BCUT2D eigenvalue weighted by atomic mass is 16.6. The zero-order chi connectivity index (χ0) is 21.0. The van der Waals surface area contributed by atoms with Crippen LogP contribution in [0.15, 0.2) is 95.5 Å². The number of carbonyl (C=O) groups excluding carboxylic acids is 1. The molecule has 2 heterocycles. The standard InChI is InChI=1S/C26H22N2O3/c29-26(30-18-19-9-3-1-4-10-19)28-17-22-14-8-7-13-21(22)15-23(28)25-27-16-24(31-25)20-11-5-2-6-12-20/h1-14,16,23H,15,17-18H2. The SMILES string of the molecule is O=C(OCc1ccccc1)N1Cc2ccccc2CC1c1ncc(-c2ccccc2)o1. The molecule has 5 nitrogen and oxygen atoms in total. The van der Waals surface area contributed by atoms with Crippen molar-refractivity contribution in [3.63, 3.8) is 0 Å². The molecule has 4 aromatic rings. The number of fused-ring (bicyclic) bond motifs is 1. The highest BCUT2D eigenvalue weighted by Gasteiger charge is 2.35. The van der Waals surface area contributed by atoms with Crippen LogP contribution in [-0.4, -0.2) is 16.0 Å². The fourth-order valence-electron chi connectivity index (χ4n) is 3.92. The van der Waals surface area contributed by atoms with E-state index < -0.39 is 0 Å².